The van der Waals surface area contributed by atoms with Crippen LogP contribution in [0.4, 0.5) is 0 Å². The van der Waals surface area contributed by atoms with Crippen LogP contribution in [0.5, 0.6) is 5.75 Å². The first kappa shape index (κ1) is 41.9. The van der Waals surface area contributed by atoms with Crippen LogP contribution in [0.1, 0.15) is 77.3 Å². The van der Waals surface area contributed by atoms with Crippen LogP contribution in [-0.4, -0.2) is 94.7 Å². The average Bonchev–Trinajstić information content (AvgIpc) is 3.47. The highest BCUT2D eigenvalue weighted by molar-refractivity contribution is 5.95. The molecule has 3 heterocycles. The zero-order chi connectivity index (χ0) is 40.7. The number of nitrogens with zero attached hydrogens (tertiary/aromatic N) is 4. The molecule has 56 heavy (non-hydrogen) atoms. The third kappa shape index (κ3) is 9.75. The molecule has 300 valence electrons. The number of hydrogen-bond acceptors (Lipinski definition) is 9. The number of rotatable bonds is 16. The number of hydrogen-bond donors (Lipinski definition) is 3. The van der Waals surface area contributed by atoms with E-state index >= 15 is 0 Å². The number of phenolic OH excluding ortho intramolecular Hbond substituents is 1. The van der Waals surface area contributed by atoms with Crippen molar-refractivity contribution >= 4 is 35.1 Å². The molecule has 2 aromatic carbocycles. The predicted octanol–water partition coefficient (Wildman–Crippen LogP) is 5.57. The van der Waals surface area contributed by atoms with Crippen molar-refractivity contribution < 1.29 is 33.8 Å². The molecule has 13 nitrogen and oxygen atoms in total. The van der Waals surface area contributed by atoms with E-state index in [1.54, 1.807) is 30.4 Å². The lowest BCUT2D eigenvalue weighted by molar-refractivity contribution is -0.141. The zero-order valence-electron chi connectivity index (χ0n) is 33.8. The lowest BCUT2D eigenvalue weighted by Crippen LogP contribution is -2.58. The van der Waals surface area contributed by atoms with Crippen molar-refractivity contribution in [3.8, 4) is 28.1 Å². The fourth-order valence-electron chi connectivity index (χ4n) is 7.54. The number of carbonyl (C=O) groups excluding carboxylic acids is 4. The van der Waals surface area contributed by atoms with Crippen molar-refractivity contribution in [2.75, 3.05) is 33.9 Å². The van der Waals surface area contributed by atoms with E-state index in [1.807, 2.05) is 32.0 Å². The van der Waals surface area contributed by atoms with Crippen LogP contribution in [0.3, 0.4) is 0 Å². The van der Waals surface area contributed by atoms with Crippen LogP contribution < -0.4 is 10.7 Å². The number of ether oxygens (including phenoxy) is 2. The Kier molecular flexibility index (Phi) is 13.6. The fraction of sp³-hybridized carbons (Fsp3) is 0.465. The van der Waals surface area contributed by atoms with Crippen LogP contribution in [0.25, 0.3) is 33.3 Å². The van der Waals surface area contributed by atoms with Crippen molar-refractivity contribution in [2.24, 2.45) is 5.41 Å². The molecule has 3 amide bonds. The number of aromatic nitrogens is 2. The van der Waals surface area contributed by atoms with Gasteiger partial charge < -0.3 is 29.4 Å². The summed E-state index contributed by atoms with van der Waals surface area (Å²) in [5, 5.41) is 16.5. The molecular weight excluding hydrogens is 713 g/mol. The van der Waals surface area contributed by atoms with E-state index in [4.69, 9.17) is 14.5 Å². The van der Waals surface area contributed by atoms with Crippen LogP contribution in [0.15, 0.2) is 54.7 Å². The van der Waals surface area contributed by atoms with Gasteiger partial charge in [-0.3, -0.25) is 29.2 Å². The predicted molar refractivity (Wildman–Crippen MR) is 215 cm³/mol. The Bertz CT molecular complexity index is 2060. The molecule has 4 aromatic rings. The van der Waals surface area contributed by atoms with E-state index in [1.165, 1.54) is 18.9 Å². The van der Waals surface area contributed by atoms with Crippen LogP contribution in [0.2, 0.25) is 0 Å². The Hall–Kier alpha value is -5.27. The molecule has 2 unspecified atom stereocenters. The number of nitrogens with one attached hydrogen (secondary N) is 2. The van der Waals surface area contributed by atoms with Crippen LogP contribution >= 0.6 is 0 Å². The van der Waals surface area contributed by atoms with Gasteiger partial charge in [0.25, 0.3) is 12.4 Å². The first-order valence-electron chi connectivity index (χ1n) is 19.3. The summed E-state index contributed by atoms with van der Waals surface area (Å²) in [5.74, 6) is -1.00. The topological polar surface area (TPSA) is 155 Å². The number of likely N-dealkylation sites (N-methyl/N-ethyl adjacent to an activating group) is 1. The minimum atomic E-state index is -0.954. The molecule has 3 atom stereocenters. The number of aromatic hydroxyl groups is 1. The van der Waals surface area contributed by atoms with Gasteiger partial charge in [0.1, 0.15) is 11.8 Å². The number of carbonyl (C=O) groups is 4. The fourth-order valence-corrected chi connectivity index (χ4v) is 7.54. The van der Waals surface area contributed by atoms with Gasteiger partial charge in [0.2, 0.25) is 11.8 Å². The third-order valence-electron chi connectivity index (χ3n) is 10.5. The quantitative estimate of drug-likeness (QED) is 0.124. The second-order valence-corrected chi connectivity index (χ2v) is 15.6. The van der Waals surface area contributed by atoms with Gasteiger partial charge in [0.05, 0.1) is 30.6 Å². The summed E-state index contributed by atoms with van der Waals surface area (Å²) < 4.78 is 13.3. The molecular formula is C43H56N6O7. The average molecular weight is 769 g/mol. The first-order valence-corrected chi connectivity index (χ1v) is 19.3. The van der Waals surface area contributed by atoms with E-state index < -0.39 is 17.4 Å². The van der Waals surface area contributed by atoms with Crippen molar-refractivity contribution in [3.63, 3.8) is 0 Å². The standard InChI is InChI=1S/C43H56N6O7/c1-9-48-38-15-14-31(22-35(38)36(23-43(5,6)25-56-26-50)41(48)34-13-10-16-44-40(34)28(3)55-8)32-18-30(19-33(52)21-32)20-37(45-39(53)24-47(7)29(4)51)42(54)49-17-11-12-27(2)46-49/h10,13-16,18-19,21-22,26-28,37,46,52H,9,11-12,17,20,23-25H2,1-8H3,(H,45,53)/t27-,28?,37?/m1/s1. The highest BCUT2D eigenvalue weighted by atomic mass is 16.5. The van der Waals surface area contributed by atoms with Gasteiger partial charge >= 0.3 is 0 Å². The second kappa shape index (κ2) is 18.1. The number of amides is 3. The Morgan fingerprint density at radius 1 is 1.16 bits per heavy atom. The van der Waals surface area contributed by atoms with Crippen molar-refractivity contribution in [2.45, 2.75) is 92.0 Å². The number of hydrazine groups is 1. The Balaban J connectivity index is 1.60. The molecule has 0 aliphatic carbocycles. The molecule has 2 aromatic heterocycles. The molecule has 13 heteroatoms. The van der Waals surface area contributed by atoms with E-state index in [2.05, 4.69) is 54.3 Å². The molecule has 0 spiro atoms. The van der Waals surface area contributed by atoms with Crippen LogP contribution in [0, 0.1) is 5.41 Å². The lowest BCUT2D eigenvalue weighted by atomic mass is 9.84. The maximum atomic E-state index is 13.9. The number of pyridine rings is 1. The van der Waals surface area contributed by atoms with Gasteiger partial charge in [-0.05, 0) is 98.7 Å². The number of phenols is 1. The van der Waals surface area contributed by atoms with Gasteiger partial charge in [-0.25, -0.2) is 5.43 Å². The Morgan fingerprint density at radius 3 is 2.61 bits per heavy atom. The molecule has 1 aliphatic rings. The molecule has 1 fully saturated rings. The SMILES string of the molecule is CCn1c(-c2cccnc2C(C)OC)c(CC(C)(C)COC=O)c2cc(-c3cc(O)cc(CC(NC(=O)CN(C)C(C)=O)C(=O)N4CCC[C@@H](C)N4)c3)ccc21. The van der Waals surface area contributed by atoms with Gasteiger partial charge in [0.15, 0.2) is 0 Å². The van der Waals surface area contributed by atoms with E-state index in [0.29, 0.717) is 31.5 Å². The normalized spacial score (nSPS) is 15.6. The summed E-state index contributed by atoms with van der Waals surface area (Å²) in [4.78, 5) is 56.2. The highest BCUT2D eigenvalue weighted by Crippen LogP contribution is 2.42. The first-order chi connectivity index (χ1) is 26.7. The molecule has 0 saturated carbocycles. The van der Waals surface area contributed by atoms with Crippen molar-refractivity contribution in [1.82, 2.24) is 30.2 Å². The summed E-state index contributed by atoms with van der Waals surface area (Å²) in [6.45, 7) is 13.3. The van der Waals surface area contributed by atoms with Crippen LogP contribution in [-0.2, 0) is 48.0 Å². The molecule has 5 rings (SSSR count). The minimum Gasteiger partial charge on any atom is -0.508 e. The molecule has 1 saturated heterocycles. The summed E-state index contributed by atoms with van der Waals surface area (Å²) in [6, 6.07) is 14.6. The van der Waals surface area contributed by atoms with Gasteiger partial charge in [-0.1, -0.05) is 26.0 Å². The van der Waals surface area contributed by atoms with E-state index in [9.17, 15) is 24.3 Å². The largest absolute Gasteiger partial charge is 0.508 e. The summed E-state index contributed by atoms with van der Waals surface area (Å²) in [5.41, 5.74) is 9.89. The number of aryl methyl sites for hydroxylation is 1. The maximum Gasteiger partial charge on any atom is 0.293 e. The zero-order valence-corrected chi connectivity index (χ0v) is 33.8. The molecule has 1 aliphatic heterocycles. The van der Waals surface area contributed by atoms with Gasteiger partial charge in [0, 0.05) is 74.7 Å². The maximum absolute atomic E-state index is 13.9. The van der Waals surface area contributed by atoms with E-state index in [-0.39, 0.29) is 49.3 Å². The Morgan fingerprint density at radius 2 is 1.93 bits per heavy atom. The monoisotopic (exact) mass is 768 g/mol. The molecule has 0 radical (unpaired) electrons. The van der Waals surface area contributed by atoms with Crippen molar-refractivity contribution in [1.29, 1.82) is 0 Å². The van der Waals surface area contributed by atoms with Crippen molar-refractivity contribution in [3.05, 3.63) is 71.5 Å². The number of fused-ring (bicyclic) bond motifs is 1. The summed E-state index contributed by atoms with van der Waals surface area (Å²) in [7, 11) is 3.20. The minimum absolute atomic E-state index is 0.0175. The second-order valence-electron chi connectivity index (χ2n) is 15.6. The number of benzene rings is 2. The lowest BCUT2D eigenvalue weighted by Gasteiger charge is -2.35. The van der Waals surface area contributed by atoms with Gasteiger partial charge in [-0.2, -0.15) is 0 Å². The molecule has 0 bridgehead atoms. The third-order valence-corrected chi connectivity index (χ3v) is 10.5. The summed E-state index contributed by atoms with van der Waals surface area (Å²) in [6.07, 6.45) is 3.94. The number of methoxy groups -OCH3 is 1. The van der Waals surface area contributed by atoms with E-state index in [0.717, 1.165) is 57.4 Å². The Labute approximate surface area is 329 Å². The summed E-state index contributed by atoms with van der Waals surface area (Å²) >= 11 is 0. The van der Waals surface area contributed by atoms with Gasteiger partial charge in [-0.15, -0.1) is 0 Å². The highest BCUT2D eigenvalue weighted by Gasteiger charge is 2.31. The smallest absolute Gasteiger partial charge is 0.293 e. The molecule has 3 N–H and O–H groups in total.